The molecule has 0 aliphatic carbocycles. The Balaban J connectivity index is 2.77. The standard InChI is InChI=1S/C7H13BN2O2/c1-6(2)5-10-7(8(11)12)3-4-9-10/h3-4,6,11-12H,5H2,1-2H3/p+1. The van der Waals surface area contributed by atoms with Crippen molar-refractivity contribution in [1.29, 1.82) is 0 Å². The average Bonchev–Trinajstić information content (AvgIpc) is 2.33. The van der Waals surface area contributed by atoms with Crippen molar-refractivity contribution in [2.45, 2.75) is 20.4 Å². The van der Waals surface area contributed by atoms with Crippen LogP contribution in [-0.4, -0.2) is 22.3 Å². The lowest BCUT2D eigenvalue weighted by Gasteiger charge is -1.99. The highest BCUT2D eigenvalue weighted by Gasteiger charge is 2.25. The van der Waals surface area contributed by atoms with Crippen LogP contribution in [0.1, 0.15) is 13.8 Å². The van der Waals surface area contributed by atoms with Gasteiger partial charge in [-0.3, -0.25) is 0 Å². The van der Waals surface area contributed by atoms with E-state index < -0.39 is 7.12 Å². The van der Waals surface area contributed by atoms with E-state index in [1.807, 2.05) is 0 Å². The predicted octanol–water partition coefficient (Wildman–Crippen LogP) is -1.36. The highest BCUT2D eigenvalue weighted by Crippen LogP contribution is 1.88. The molecule has 0 saturated carbocycles. The van der Waals surface area contributed by atoms with Crippen molar-refractivity contribution in [3.63, 3.8) is 0 Å². The molecule has 1 rings (SSSR count). The first kappa shape index (κ1) is 9.28. The van der Waals surface area contributed by atoms with Crippen LogP contribution in [-0.2, 0) is 6.54 Å². The molecule has 0 amide bonds. The number of aromatic amines is 1. The third-order valence-corrected chi connectivity index (χ3v) is 1.61. The summed E-state index contributed by atoms with van der Waals surface area (Å²) in [6.45, 7) is 4.91. The van der Waals surface area contributed by atoms with Gasteiger partial charge in [-0.05, 0) is 0 Å². The van der Waals surface area contributed by atoms with Crippen LogP contribution >= 0.6 is 0 Å². The molecule has 0 unspecified atom stereocenters. The molecule has 0 atom stereocenters. The van der Waals surface area contributed by atoms with E-state index >= 15 is 0 Å². The van der Waals surface area contributed by atoms with E-state index in [9.17, 15) is 0 Å². The van der Waals surface area contributed by atoms with Crippen molar-refractivity contribution in [2.75, 3.05) is 0 Å². The maximum atomic E-state index is 8.92. The van der Waals surface area contributed by atoms with Crippen molar-refractivity contribution in [3.05, 3.63) is 12.3 Å². The van der Waals surface area contributed by atoms with Crippen molar-refractivity contribution in [3.8, 4) is 0 Å². The van der Waals surface area contributed by atoms with Gasteiger partial charge in [-0.1, -0.05) is 13.8 Å². The van der Waals surface area contributed by atoms with E-state index in [0.717, 1.165) is 6.54 Å². The summed E-state index contributed by atoms with van der Waals surface area (Å²) in [7, 11) is -1.39. The van der Waals surface area contributed by atoms with Gasteiger partial charge in [0.15, 0.2) is 6.54 Å². The van der Waals surface area contributed by atoms with E-state index in [4.69, 9.17) is 10.0 Å². The molecule has 0 aliphatic rings. The summed E-state index contributed by atoms with van der Waals surface area (Å²) in [6.07, 6.45) is 1.69. The largest absolute Gasteiger partial charge is 0.564 e. The molecule has 66 valence electrons. The Morgan fingerprint density at radius 1 is 1.58 bits per heavy atom. The Labute approximate surface area is 72.0 Å². The van der Waals surface area contributed by atoms with Gasteiger partial charge < -0.3 is 10.0 Å². The van der Waals surface area contributed by atoms with Crippen molar-refractivity contribution in [2.24, 2.45) is 5.92 Å². The van der Waals surface area contributed by atoms with Gasteiger partial charge in [-0.2, -0.15) is 5.10 Å². The van der Waals surface area contributed by atoms with Gasteiger partial charge in [0.05, 0.1) is 6.20 Å². The molecule has 0 radical (unpaired) electrons. The van der Waals surface area contributed by atoms with Gasteiger partial charge in [0.1, 0.15) is 0 Å². The molecule has 0 saturated heterocycles. The third kappa shape index (κ3) is 2.09. The Kier molecular flexibility index (Phi) is 2.89. The minimum absolute atomic E-state index is 0.478. The lowest BCUT2D eigenvalue weighted by molar-refractivity contribution is -0.740. The molecule has 0 bridgehead atoms. The Morgan fingerprint density at radius 2 is 2.25 bits per heavy atom. The van der Waals surface area contributed by atoms with Crippen LogP contribution in [0.15, 0.2) is 12.3 Å². The molecular formula is C7H14BN2O2+. The summed E-state index contributed by atoms with van der Waals surface area (Å²) in [5, 5.41) is 20.8. The zero-order valence-electron chi connectivity index (χ0n) is 7.36. The number of rotatable bonds is 3. The minimum Gasteiger partial charge on any atom is -0.419 e. The molecule has 5 heteroatoms. The smallest absolute Gasteiger partial charge is 0.419 e. The van der Waals surface area contributed by atoms with Gasteiger partial charge in [-0.25, -0.2) is 0 Å². The number of nitrogens with one attached hydrogen (secondary N) is 1. The molecule has 0 aromatic carbocycles. The Bertz CT molecular complexity index is 247. The second-order valence-corrected chi connectivity index (χ2v) is 3.27. The molecular weight excluding hydrogens is 155 g/mol. The maximum Gasteiger partial charge on any atom is 0.564 e. The minimum atomic E-state index is -1.39. The fraction of sp³-hybridized carbons (Fsp3) is 0.571. The summed E-state index contributed by atoms with van der Waals surface area (Å²) in [4.78, 5) is 0. The first-order valence-electron chi connectivity index (χ1n) is 4.04. The highest BCUT2D eigenvalue weighted by atomic mass is 16.4. The molecule has 12 heavy (non-hydrogen) atoms. The zero-order valence-corrected chi connectivity index (χ0v) is 7.36. The van der Waals surface area contributed by atoms with Gasteiger partial charge in [-0.15, -0.1) is 4.68 Å². The molecule has 0 fully saturated rings. The van der Waals surface area contributed by atoms with Crippen LogP contribution in [0, 0.1) is 5.92 Å². The number of hydrogen-bond donors (Lipinski definition) is 3. The molecule has 3 N–H and O–H groups in total. The van der Waals surface area contributed by atoms with E-state index in [0.29, 0.717) is 11.5 Å². The number of H-pyrrole nitrogens is 1. The Hall–Kier alpha value is -0.805. The summed E-state index contributed by atoms with van der Waals surface area (Å²) < 4.78 is 1.73. The number of nitrogens with zero attached hydrogens (tertiary/aromatic N) is 1. The highest BCUT2D eigenvalue weighted by molar-refractivity contribution is 6.56. The lowest BCUT2D eigenvalue weighted by Crippen LogP contribution is -2.57. The lowest BCUT2D eigenvalue weighted by atomic mass is 9.86. The second kappa shape index (κ2) is 3.73. The van der Waals surface area contributed by atoms with Crippen LogP contribution in [0.2, 0.25) is 0 Å². The van der Waals surface area contributed by atoms with E-state index in [2.05, 4.69) is 18.9 Å². The van der Waals surface area contributed by atoms with E-state index in [1.54, 1.807) is 16.9 Å². The fourth-order valence-electron chi connectivity index (χ4n) is 1.13. The monoisotopic (exact) mass is 169 g/mol. The van der Waals surface area contributed by atoms with Crippen molar-refractivity contribution >= 4 is 12.7 Å². The van der Waals surface area contributed by atoms with E-state index in [-0.39, 0.29) is 0 Å². The van der Waals surface area contributed by atoms with Crippen LogP contribution in [0.4, 0.5) is 0 Å². The normalized spacial score (nSPS) is 10.8. The average molecular weight is 169 g/mol. The van der Waals surface area contributed by atoms with Crippen molar-refractivity contribution in [1.82, 2.24) is 5.10 Å². The first-order chi connectivity index (χ1) is 5.61. The van der Waals surface area contributed by atoms with Gasteiger partial charge >= 0.3 is 7.12 Å². The van der Waals surface area contributed by atoms with Crippen molar-refractivity contribution < 1.29 is 14.7 Å². The molecule has 0 spiro atoms. The fourth-order valence-corrected chi connectivity index (χ4v) is 1.13. The van der Waals surface area contributed by atoms with Crippen LogP contribution in [0.3, 0.4) is 0 Å². The summed E-state index contributed by atoms with van der Waals surface area (Å²) in [5.74, 6) is 0.478. The third-order valence-electron chi connectivity index (χ3n) is 1.61. The van der Waals surface area contributed by atoms with Gasteiger partial charge in [0.2, 0.25) is 5.59 Å². The summed E-state index contributed by atoms with van der Waals surface area (Å²) in [6, 6.07) is 1.66. The predicted molar refractivity (Wildman–Crippen MR) is 45.7 cm³/mol. The summed E-state index contributed by atoms with van der Waals surface area (Å²) in [5.41, 5.74) is 0.503. The topological polar surface area (TPSA) is 60.1 Å². The number of aromatic nitrogens is 2. The zero-order chi connectivity index (χ0) is 9.14. The molecule has 1 heterocycles. The van der Waals surface area contributed by atoms with E-state index in [1.165, 1.54) is 0 Å². The van der Waals surface area contributed by atoms with Crippen LogP contribution in [0.5, 0.6) is 0 Å². The van der Waals surface area contributed by atoms with Gasteiger partial charge in [0.25, 0.3) is 0 Å². The maximum absolute atomic E-state index is 8.92. The van der Waals surface area contributed by atoms with Crippen LogP contribution in [0.25, 0.3) is 0 Å². The molecule has 1 aromatic rings. The quantitative estimate of drug-likeness (QED) is 0.386. The molecule has 0 aliphatic heterocycles. The molecule has 4 nitrogen and oxygen atoms in total. The van der Waals surface area contributed by atoms with Crippen LogP contribution < -0.4 is 10.3 Å². The second-order valence-electron chi connectivity index (χ2n) is 3.27. The first-order valence-corrected chi connectivity index (χ1v) is 4.04. The Morgan fingerprint density at radius 3 is 2.75 bits per heavy atom. The molecule has 1 aromatic heterocycles. The SMILES string of the molecule is CC(C)C[n+]1[nH]ccc1B(O)O. The summed E-state index contributed by atoms with van der Waals surface area (Å²) >= 11 is 0. The van der Waals surface area contributed by atoms with Gasteiger partial charge in [0, 0.05) is 12.0 Å². The number of hydrogen-bond acceptors (Lipinski definition) is 2.